The van der Waals surface area contributed by atoms with E-state index in [0.717, 1.165) is 6.07 Å². The molecule has 2 saturated heterocycles. The molecule has 1 spiro atoms. The maximum Gasteiger partial charge on any atom is 0.417 e. The molecule has 33 heavy (non-hydrogen) atoms. The van der Waals surface area contributed by atoms with Gasteiger partial charge in [0.2, 0.25) is 5.91 Å². The van der Waals surface area contributed by atoms with Crippen molar-refractivity contribution in [3.63, 3.8) is 0 Å². The fraction of sp³-hybridized carbons (Fsp3) is 0.455. The average molecular weight is 460 g/mol. The molecule has 11 heteroatoms. The highest BCUT2D eigenvalue weighted by atomic mass is 19.4. The zero-order chi connectivity index (χ0) is 24.0. The van der Waals surface area contributed by atoms with Gasteiger partial charge in [-0.2, -0.15) is 18.4 Å². The average Bonchev–Trinajstić information content (AvgIpc) is 3.37. The van der Waals surface area contributed by atoms with Gasteiger partial charge in [0.1, 0.15) is 11.7 Å². The first-order valence-corrected chi connectivity index (χ1v) is 10.5. The molecule has 174 valence electrons. The lowest BCUT2D eigenvalue weighted by atomic mass is 9.76. The number of primary amides is 1. The number of benzene rings is 1. The number of halogens is 3. The molecule has 0 saturated carbocycles. The van der Waals surface area contributed by atoms with E-state index in [1.54, 1.807) is 23.9 Å². The van der Waals surface area contributed by atoms with Gasteiger partial charge >= 0.3 is 6.18 Å². The zero-order valence-corrected chi connectivity index (χ0v) is 18.0. The molecule has 2 amide bonds. The van der Waals surface area contributed by atoms with Crippen LogP contribution in [0.15, 0.2) is 30.7 Å². The molecule has 1 aromatic carbocycles. The molecule has 8 nitrogen and oxygen atoms in total. The van der Waals surface area contributed by atoms with Crippen LogP contribution in [-0.2, 0) is 18.0 Å². The molecule has 2 aromatic rings. The SMILES string of the molecule is Cn1cnc(C(=O)N2CC3(CCN(c4ccc(C#N)c(C(F)(F)F)c4)CC3)CC2C(N)=O)c1. The van der Waals surface area contributed by atoms with Gasteiger partial charge in [-0.1, -0.05) is 0 Å². The first-order chi connectivity index (χ1) is 15.5. The number of rotatable bonds is 3. The minimum Gasteiger partial charge on any atom is -0.371 e. The summed E-state index contributed by atoms with van der Waals surface area (Å²) in [6.07, 6.45) is 0.0511. The summed E-state index contributed by atoms with van der Waals surface area (Å²) in [6, 6.07) is 4.55. The fourth-order valence-corrected chi connectivity index (χ4v) is 4.86. The van der Waals surface area contributed by atoms with E-state index in [0.29, 0.717) is 44.6 Å². The van der Waals surface area contributed by atoms with E-state index in [1.807, 2.05) is 4.90 Å². The highest BCUT2D eigenvalue weighted by Gasteiger charge is 2.49. The number of aromatic nitrogens is 2. The van der Waals surface area contributed by atoms with Crippen molar-refractivity contribution in [2.75, 3.05) is 24.5 Å². The van der Waals surface area contributed by atoms with E-state index >= 15 is 0 Å². The van der Waals surface area contributed by atoms with Crippen molar-refractivity contribution >= 4 is 17.5 Å². The lowest BCUT2D eigenvalue weighted by Gasteiger charge is -2.40. The number of nitrogens with zero attached hydrogens (tertiary/aromatic N) is 5. The summed E-state index contributed by atoms with van der Waals surface area (Å²) in [5.74, 6) is -0.943. The number of imidazole rings is 1. The van der Waals surface area contributed by atoms with Gasteiger partial charge in [0.25, 0.3) is 5.91 Å². The number of alkyl halides is 3. The maximum absolute atomic E-state index is 13.3. The van der Waals surface area contributed by atoms with Gasteiger partial charge in [-0.05, 0) is 42.9 Å². The first-order valence-electron chi connectivity index (χ1n) is 10.5. The van der Waals surface area contributed by atoms with Gasteiger partial charge < -0.3 is 20.1 Å². The van der Waals surface area contributed by atoms with Crippen LogP contribution in [0, 0.1) is 16.7 Å². The number of anilines is 1. The Balaban J connectivity index is 1.51. The van der Waals surface area contributed by atoms with E-state index in [2.05, 4.69) is 4.98 Å². The summed E-state index contributed by atoms with van der Waals surface area (Å²) in [4.78, 5) is 32.5. The highest BCUT2D eigenvalue weighted by molar-refractivity contribution is 5.96. The zero-order valence-electron chi connectivity index (χ0n) is 18.0. The normalized spacial score (nSPS) is 20.2. The maximum atomic E-state index is 13.3. The quantitative estimate of drug-likeness (QED) is 0.756. The van der Waals surface area contributed by atoms with Gasteiger partial charge in [-0.25, -0.2) is 4.98 Å². The lowest BCUT2D eigenvalue weighted by Crippen LogP contribution is -2.44. The number of carbonyl (C=O) groups is 2. The molecule has 1 unspecified atom stereocenters. The lowest BCUT2D eigenvalue weighted by molar-refractivity contribution is -0.137. The molecular formula is C22H23F3N6O2. The predicted molar refractivity (Wildman–Crippen MR) is 112 cm³/mol. The van der Waals surface area contributed by atoms with Gasteiger partial charge in [-0.3, -0.25) is 9.59 Å². The number of amides is 2. The molecule has 0 radical (unpaired) electrons. The second-order valence-electron chi connectivity index (χ2n) is 8.81. The standard InChI is InChI=1S/C22H23F3N6O2/c1-29-11-17(28-13-29)20(33)31-12-21(9-18(31)19(27)32)4-6-30(7-5-21)15-3-2-14(10-26)16(8-15)22(23,24)25/h2-3,8,11,13,18H,4-7,9,12H2,1H3,(H2,27,32). The van der Waals surface area contributed by atoms with Crippen molar-refractivity contribution in [2.45, 2.75) is 31.5 Å². The van der Waals surface area contributed by atoms with Crippen LogP contribution < -0.4 is 10.6 Å². The van der Waals surface area contributed by atoms with Crippen LogP contribution in [-0.4, -0.2) is 51.9 Å². The largest absolute Gasteiger partial charge is 0.417 e. The Morgan fingerprint density at radius 2 is 1.97 bits per heavy atom. The van der Waals surface area contributed by atoms with Gasteiger partial charge in [0, 0.05) is 38.6 Å². The van der Waals surface area contributed by atoms with E-state index in [9.17, 15) is 22.8 Å². The van der Waals surface area contributed by atoms with Crippen LogP contribution in [0.5, 0.6) is 0 Å². The molecule has 2 fully saturated rings. The van der Waals surface area contributed by atoms with Crippen LogP contribution >= 0.6 is 0 Å². The molecule has 1 aromatic heterocycles. The minimum absolute atomic E-state index is 0.232. The third-order valence-electron chi connectivity index (χ3n) is 6.64. The van der Waals surface area contributed by atoms with Crippen molar-refractivity contribution in [3.8, 4) is 6.07 Å². The second-order valence-corrected chi connectivity index (χ2v) is 8.81. The smallest absolute Gasteiger partial charge is 0.371 e. The summed E-state index contributed by atoms with van der Waals surface area (Å²) in [5.41, 5.74) is 4.51. The Morgan fingerprint density at radius 1 is 1.27 bits per heavy atom. The number of carbonyl (C=O) groups excluding carboxylic acids is 2. The Kier molecular flexibility index (Phi) is 5.56. The van der Waals surface area contributed by atoms with E-state index in [4.69, 9.17) is 11.0 Å². The van der Waals surface area contributed by atoms with Crippen molar-refractivity contribution in [2.24, 2.45) is 18.2 Å². The molecule has 3 heterocycles. The number of aryl methyl sites for hydroxylation is 1. The number of likely N-dealkylation sites (tertiary alicyclic amines) is 1. The minimum atomic E-state index is -4.62. The van der Waals surface area contributed by atoms with E-state index in [1.165, 1.54) is 23.4 Å². The number of hydrogen-bond acceptors (Lipinski definition) is 5. The molecular weight excluding hydrogens is 437 g/mol. The molecule has 2 N–H and O–H groups in total. The topological polar surface area (TPSA) is 108 Å². The second kappa shape index (κ2) is 8.10. The van der Waals surface area contributed by atoms with E-state index < -0.39 is 29.3 Å². The Hall–Kier alpha value is -3.55. The molecule has 2 aliphatic heterocycles. The highest BCUT2D eigenvalue weighted by Crippen LogP contribution is 2.45. The van der Waals surface area contributed by atoms with Gasteiger partial charge in [0.05, 0.1) is 23.5 Å². The summed E-state index contributed by atoms with van der Waals surface area (Å²) >= 11 is 0. The number of nitrogens with two attached hydrogens (primary N) is 1. The fourth-order valence-electron chi connectivity index (χ4n) is 4.86. The van der Waals surface area contributed by atoms with Crippen molar-refractivity contribution in [1.29, 1.82) is 5.26 Å². The van der Waals surface area contributed by atoms with Crippen LogP contribution in [0.2, 0.25) is 0 Å². The number of hydrogen-bond donors (Lipinski definition) is 1. The third-order valence-corrected chi connectivity index (χ3v) is 6.64. The van der Waals surface area contributed by atoms with Gasteiger partial charge in [-0.15, -0.1) is 0 Å². The first kappa shape index (κ1) is 22.6. The van der Waals surface area contributed by atoms with Gasteiger partial charge in [0.15, 0.2) is 0 Å². The van der Waals surface area contributed by atoms with Crippen molar-refractivity contribution < 1.29 is 22.8 Å². The van der Waals surface area contributed by atoms with E-state index in [-0.39, 0.29) is 17.0 Å². The van der Waals surface area contributed by atoms with Crippen LogP contribution in [0.25, 0.3) is 0 Å². The predicted octanol–water partition coefficient (Wildman–Crippen LogP) is 2.30. The Labute approximate surface area is 188 Å². The monoisotopic (exact) mass is 460 g/mol. The molecule has 4 rings (SSSR count). The summed E-state index contributed by atoms with van der Waals surface area (Å²) in [7, 11) is 1.74. The summed E-state index contributed by atoms with van der Waals surface area (Å²) < 4.78 is 41.7. The Bertz CT molecular complexity index is 1130. The third kappa shape index (κ3) is 4.25. The number of piperidine rings is 1. The van der Waals surface area contributed by atoms with Crippen LogP contribution in [0.1, 0.15) is 40.9 Å². The van der Waals surface area contributed by atoms with Crippen LogP contribution in [0.3, 0.4) is 0 Å². The van der Waals surface area contributed by atoms with Crippen molar-refractivity contribution in [1.82, 2.24) is 14.5 Å². The molecule has 1 atom stereocenters. The van der Waals surface area contributed by atoms with Crippen LogP contribution in [0.4, 0.5) is 18.9 Å². The summed E-state index contributed by atoms with van der Waals surface area (Å²) in [5, 5.41) is 9.01. The molecule has 0 bridgehead atoms. The van der Waals surface area contributed by atoms with Crippen molar-refractivity contribution in [3.05, 3.63) is 47.5 Å². The Morgan fingerprint density at radius 3 is 2.52 bits per heavy atom. The summed E-state index contributed by atoms with van der Waals surface area (Å²) in [6.45, 7) is 1.26. The molecule has 0 aliphatic carbocycles. The number of nitriles is 1. The molecule has 2 aliphatic rings.